The highest BCUT2D eigenvalue weighted by Crippen LogP contribution is 2.35. The molecular formula is C41H72N13O3+. The fourth-order valence-electron chi connectivity index (χ4n) is 6.27. The molecule has 1 amide bonds. The van der Waals surface area contributed by atoms with Crippen LogP contribution in [-0.2, 0) is 9.47 Å². The molecule has 16 nitrogen and oxygen atoms in total. The van der Waals surface area contributed by atoms with Gasteiger partial charge in [0.2, 0.25) is 0 Å². The van der Waals surface area contributed by atoms with Gasteiger partial charge in [0, 0.05) is 44.8 Å². The first-order valence-corrected chi connectivity index (χ1v) is 19.8. The van der Waals surface area contributed by atoms with Crippen LogP contribution in [0.15, 0.2) is 65.2 Å². The van der Waals surface area contributed by atoms with Gasteiger partial charge < -0.3 is 46.7 Å². The molecule has 4 atom stereocenters. The molecule has 1 aromatic heterocycles. The molecule has 4 rings (SSSR count). The lowest BCUT2D eigenvalue weighted by Gasteiger charge is -2.45. The van der Waals surface area contributed by atoms with Gasteiger partial charge in [-0.3, -0.25) is 19.7 Å². The van der Waals surface area contributed by atoms with Crippen LogP contribution >= 0.6 is 0 Å². The Bertz CT molecular complexity index is 1550. The summed E-state index contributed by atoms with van der Waals surface area (Å²) in [7, 11) is 8.12. The molecule has 0 radical (unpaired) electrons. The lowest BCUT2D eigenvalue weighted by atomic mass is 9.85. The van der Waals surface area contributed by atoms with Gasteiger partial charge in [-0.1, -0.05) is 32.1 Å². The summed E-state index contributed by atoms with van der Waals surface area (Å²) in [5, 5.41) is 3.17. The number of allylic oxidation sites excluding steroid dienone is 2. The Morgan fingerprint density at radius 3 is 2.42 bits per heavy atom. The minimum Gasteiger partial charge on any atom is -0.447 e. The average Bonchev–Trinajstić information content (AvgIpc) is 3.50. The number of rotatable bonds is 13. The van der Waals surface area contributed by atoms with Crippen LogP contribution in [-0.4, -0.2) is 154 Å². The highest BCUT2D eigenvalue weighted by molar-refractivity contribution is 5.96. The van der Waals surface area contributed by atoms with Crippen molar-refractivity contribution in [2.24, 2.45) is 28.1 Å². The van der Waals surface area contributed by atoms with E-state index in [2.05, 4.69) is 70.2 Å². The number of aromatic nitrogens is 1. The molecule has 4 heterocycles. The first-order chi connectivity index (χ1) is 27.1. The first kappa shape index (κ1) is 48.8. The number of nitrogens with zero attached hydrogens (tertiary/aromatic N) is 9. The van der Waals surface area contributed by atoms with Crippen molar-refractivity contribution in [1.82, 2.24) is 29.9 Å². The van der Waals surface area contributed by atoms with Crippen LogP contribution in [0.3, 0.4) is 0 Å². The van der Waals surface area contributed by atoms with Gasteiger partial charge in [0.1, 0.15) is 30.7 Å². The molecular weight excluding hydrogens is 723 g/mol. The monoisotopic (exact) mass is 795 g/mol. The van der Waals surface area contributed by atoms with E-state index in [1.54, 1.807) is 11.0 Å². The van der Waals surface area contributed by atoms with E-state index in [0.717, 1.165) is 39.3 Å². The smallest absolute Gasteiger partial charge is 0.415 e. The number of nitrogens with two attached hydrogens (primary N) is 3. The molecule has 0 saturated carbocycles. The summed E-state index contributed by atoms with van der Waals surface area (Å²) in [5.41, 5.74) is 20.6. The van der Waals surface area contributed by atoms with E-state index >= 15 is 0 Å². The van der Waals surface area contributed by atoms with Gasteiger partial charge in [-0.25, -0.2) is 9.78 Å². The van der Waals surface area contributed by atoms with Crippen LogP contribution in [0.25, 0.3) is 4.85 Å². The van der Waals surface area contributed by atoms with E-state index in [1.807, 2.05) is 76.3 Å². The van der Waals surface area contributed by atoms with Crippen molar-refractivity contribution in [3.05, 3.63) is 65.1 Å². The third-order valence-corrected chi connectivity index (χ3v) is 9.59. The van der Waals surface area contributed by atoms with Crippen LogP contribution < -0.4 is 32.3 Å². The van der Waals surface area contributed by atoms with Crippen LogP contribution in [0.5, 0.6) is 0 Å². The van der Waals surface area contributed by atoms with Gasteiger partial charge in [0.25, 0.3) is 6.57 Å². The number of likely N-dealkylation sites (N-methyl/N-ethyl adjacent to an activating group) is 1. The molecule has 1 aromatic rings. The highest BCUT2D eigenvalue weighted by Gasteiger charge is 2.40. The maximum atomic E-state index is 12.5. The van der Waals surface area contributed by atoms with Gasteiger partial charge in [-0.15, -0.1) is 0 Å². The van der Waals surface area contributed by atoms with Crippen molar-refractivity contribution in [2.45, 2.75) is 71.8 Å². The van der Waals surface area contributed by atoms with Crippen molar-refractivity contribution < 1.29 is 14.3 Å². The number of ether oxygens (including phenoxy) is 2. The SMILES string of the molecule is C#[N+]C=C=CC1COC(C)(C)C[C@H]1N(/C(C)=N/CN/C(N)=C/C=CC(N)N1CCN(C)CC1)c1cccc(N2C(=O)OCC2C)n1.CCN(CC)CN.CN(C)C. The molecule has 0 aliphatic carbocycles. The van der Waals surface area contributed by atoms with Crippen molar-refractivity contribution in [2.75, 3.05) is 104 Å². The van der Waals surface area contributed by atoms with Crippen molar-refractivity contribution >= 4 is 23.6 Å². The van der Waals surface area contributed by atoms with E-state index in [1.165, 1.54) is 6.20 Å². The lowest BCUT2D eigenvalue weighted by molar-refractivity contribution is -0.0745. The molecule has 0 aromatic carbocycles. The molecule has 3 aliphatic heterocycles. The van der Waals surface area contributed by atoms with E-state index < -0.39 is 11.7 Å². The standard InChI is InChI=1S/C33H49N10O3.C5H14N2.C3H9N/c1-24-21-45-32(44)42(24)30-13-8-14-31(39-30)43(27-20-33(3,4)46-22-26(27)10-9-15-36-5)25(2)37-23-38-28(34)11-7-12-29(35)41-18-16-40(6)17-19-41;1-3-7(4-2)5-6;1-4(2)3/h5,7-8,10-15,24,26-27,29,38H,16-23,34-35H2,1-4,6H3;3-6H2,1-2H3;1-3H3/q+1;;/b12-7?,28-11+,37-25+;;/t9?,24?,26?,27-,29?;;/m1../s1. The highest BCUT2D eigenvalue weighted by atomic mass is 16.6. The van der Waals surface area contributed by atoms with Crippen LogP contribution in [0.2, 0.25) is 0 Å². The Labute approximate surface area is 342 Å². The molecule has 16 heteroatoms. The van der Waals surface area contributed by atoms with Crippen molar-refractivity contribution in [3.8, 4) is 6.57 Å². The molecule has 3 saturated heterocycles. The van der Waals surface area contributed by atoms with Crippen molar-refractivity contribution in [1.29, 1.82) is 0 Å². The summed E-state index contributed by atoms with van der Waals surface area (Å²) in [5.74, 6) is 2.25. The minimum atomic E-state index is -0.414. The van der Waals surface area contributed by atoms with E-state index in [9.17, 15) is 4.79 Å². The van der Waals surface area contributed by atoms with Crippen LogP contribution in [0.1, 0.15) is 48.0 Å². The zero-order valence-electron chi connectivity index (χ0n) is 36.3. The van der Waals surface area contributed by atoms with Gasteiger partial charge in [0.05, 0.1) is 30.2 Å². The fraction of sp³-hybridized carbons (Fsp3) is 0.634. The normalized spacial score (nSPS) is 22.1. The van der Waals surface area contributed by atoms with E-state index in [-0.39, 0.29) is 30.8 Å². The predicted molar refractivity (Wildman–Crippen MR) is 234 cm³/mol. The maximum Gasteiger partial charge on any atom is 0.415 e. The topological polar surface area (TPSA) is 175 Å². The summed E-state index contributed by atoms with van der Waals surface area (Å²) >= 11 is 0. The number of aliphatic imine (C=N–C) groups is 1. The molecule has 3 unspecified atom stereocenters. The quantitative estimate of drug-likeness (QED) is 0.0754. The summed E-state index contributed by atoms with van der Waals surface area (Å²) in [6, 6.07) is 5.37. The zero-order valence-corrected chi connectivity index (χ0v) is 36.3. The summed E-state index contributed by atoms with van der Waals surface area (Å²) < 4.78 is 11.5. The van der Waals surface area contributed by atoms with Crippen molar-refractivity contribution in [3.63, 3.8) is 0 Å². The van der Waals surface area contributed by atoms with E-state index in [0.29, 0.717) is 49.6 Å². The number of cyclic esters (lactones) is 1. The Morgan fingerprint density at radius 1 is 1.19 bits per heavy atom. The third-order valence-electron chi connectivity index (χ3n) is 9.59. The molecule has 57 heavy (non-hydrogen) atoms. The third kappa shape index (κ3) is 17.0. The molecule has 3 aliphatic rings. The number of amides is 1. The number of carbonyl (C=O) groups excluding carboxylic acids is 1. The van der Waals surface area contributed by atoms with Crippen LogP contribution in [0.4, 0.5) is 16.4 Å². The first-order valence-electron chi connectivity index (χ1n) is 19.8. The Morgan fingerprint density at radius 2 is 1.86 bits per heavy atom. The molecule has 7 N–H and O–H groups in total. The van der Waals surface area contributed by atoms with Gasteiger partial charge in [-0.2, -0.15) is 0 Å². The Hall–Kier alpha value is -4.30. The number of pyridine rings is 1. The van der Waals surface area contributed by atoms with Gasteiger partial charge in [-0.05, 0) is 110 Å². The fourth-order valence-corrected chi connectivity index (χ4v) is 6.27. The average molecular weight is 795 g/mol. The molecule has 0 bridgehead atoms. The second-order valence-electron chi connectivity index (χ2n) is 15.3. The lowest BCUT2D eigenvalue weighted by Crippen LogP contribution is -2.53. The minimum absolute atomic E-state index is 0.0788. The van der Waals surface area contributed by atoms with E-state index in [4.69, 9.17) is 43.2 Å². The second kappa shape index (κ2) is 25.1. The second-order valence-corrected chi connectivity index (χ2v) is 15.3. The molecule has 0 spiro atoms. The Balaban J connectivity index is 0.000000895. The summed E-state index contributed by atoms with van der Waals surface area (Å²) in [6.45, 7) is 25.2. The zero-order chi connectivity index (χ0) is 42.5. The number of amidine groups is 1. The van der Waals surface area contributed by atoms with Crippen LogP contribution in [0, 0.1) is 12.5 Å². The number of hydrogen-bond acceptors (Lipinski definition) is 13. The number of piperazine rings is 1. The Kier molecular flexibility index (Phi) is 21.5. The molecule has 3 fully saturated rings. The number of hydrogen-bond donors (Lipinski definition) is 4. The number of nitrogens with one attached hydrogen (secondary N) is 1. The summed E-state index contributed by atoms with van der Waals surface area (Å²) in [6.07, 6.45) is 9.03. The maximum absolute atomic E-state index is 12.5. The van der Waals surface area contributed by atoms with Gasteiger partial charge >= 0.3 is 12.3 Å². The predicted octanol–water partition coefficient (Wildman–Crippen LogP) is 3.32. The number of anilines is 2. The summed E-state index contributed by atoms with van der Waals surface area (Å²) in [4.78, 5) is 38.2. The molecule has 318 valence electrons. The van der Waals surface area contributed by atoms with Gasteiger partial charge in [0.15, 0.2) is 0 Å². The largest absolute Gasteiger partial charge is 0.447 e. The number of carbonyl (C=O) groups is 1.